The Morgan fingerprint density at radius 3 is 2.83 bits per heavy atom. The molecule has 0 bridgehead atoms. The van der Waals surface area contributed by atoms with Crippen LogP contribution in [0.5, 0.6) is 5.75 Å². The molecule has 0 aliphatic heterocycles. The van der Waals surface area contributed by atoms with Crippen molar-refractivity contribution < 1.29 is 13.9 Å². The molecule has 2 aromatic rings. The minimum Gasteiger partial charge on any atom is -0.497 e. The number of benzene rings is 1. The standard InChI is InChI=1S/C17H20N2O3S/c1-21-13-9-7-12(8-10-13)11-16-18-19-17(22-16)23-15-6-4-2-3-5-14(15)20/h7-10,15H,2-6,11H2,1H3. The van der Waals surface area contributed by atoms with Gasteiger partial charge in [0.05, 0.1) is 18.8 Å². The van der Waals surface area contributed by atoms with Gasteiger partial charge in [0, 0.05) is 6.42 Å². The summed E-state index contributed by atoms with van der Waals surface area (Å²) in [6.07, 6.45) is 5.38. The number of carbonyl (C=O) groups excluding carboxylic acids is 1. The number of nitrogens with zero attached hydrogens (tertiary/aromatic N) is 2. The second-order valence-corrected chi connectivity index (χ2v) is 6.81. The summed E-state index contributed by atoms with van der Waals surface area (Å²) in [6.45, 7) is 0. The first-order chi connectivity index (χ1) is 11.2. The number of rotatable bonds is 5. The van der Waals surface area contributed by atoms with E-state index in [-0.39, 0.29) is 5.25 Å². The van der Waals surface area contributed by atoms with Gasteiger partial charge in [-0.05, 0) is 30.5 Å². The van der Waals surface area contributed by atoms with E-state index in [4.69, 9.17) is 9.15 Å². The van der Waals surface area contributed by atoms with E-state index in [9.17, 15) is 4.79 Å². The summed E-state index contributed by atoms with van der Waals surface area (Å²) in [5.41, 5.74) is 1.08. The molecule has 1 aromatic heterocycles. The van der Waals surface area contributed by atoms with Gasteiger partial charge in [0.2, 0.25) is 5.89 Å². The van der Waals surface area contributed by atoms with Gasteiger partial charge < -0.3 is 9.15 Å². The fourth-order valence-electron chi connectivity index (χ4n) is 2.65. The topological polar surface area (TPSA) is 65.2 Å². The highest BCUT2D eigenvalue weighted by Gasteiger charge is 2.24. The summed E-state index contributed by atoms with van der Waals surface area (Å²) >= 11 is 1.41. The van der Waals surface area contributed by atoms with Crippen LogP contribution in [0.4, 0.5) is 0 Å². The van der Waals surface area contributed by atoms with E-state index < -0.39 is 0 Å². The van der Waals surface area contributed by atoms with Gasteiger partial charge in [-0.15, -0.1) is 10.2 Å². The fraction of sp³-hybridized carbons (Fsp3) is 0.471. The molecule has 0 N–H and O–H groups in total. The highest BCUT2D eigenvalue weighted by molar-refractivity contribution is 8.00. The van der Waals surface area contributed by atoms with Crippen LogP contribution in [0.2, 0.25) is 0 Å². The average Bonchev–Trinajstić information content (AvgIpc) is 2.90. The first-order valence-corrected chi connectivity index (χ1v) is 8.77. The lowest BCUT2D eigenvalue weighted by molar-refractivity contribution is -0.118. The number of carbonyl (C=O) groups is 1. The zero-order valence-electron chi connectivity index (χ0n) is 13.2. The maximum absolute atomic E-state index is 12.1. The molecule has 0 amide bonds. The van der Waals surface area contributed by atoms with Crippen molar-refractivity contribution >= 4 is 17.5 Å². The lowest BCUT2D eigenvalue weighted by Gasteiger charge is -2.08. The number of aromatic nitrogens is 2. The summed E-state index contributed by atoms with van der Waals surface area (Å²) in [5, 5.41) is 8.62. The molecule has 1 atom stereocenters. The predicted octanol–water partition coefficient (Wildman–Crippen LogP) is 3.66. The molecule has 1 aliphatic carbocycles. The second kappa shape index (κ2) is 7.64. The van der Waals surface area contributed by atoms with Crippen LogP contribution in [0.3, 0.4) is 0 Å². The average molecular weight is 332 g/mol. The predicted molar refractivity (Wildman–Crippen MR) is 87.8 cm³/mol. The Bertz CT molecular complexity index is 654. The Hall–Kier alpha value is -1.82. The maximum Gasteiger partial charge on any atom is 0.277 e. The Labute approximate surface area is 139 Å². The lowest BCUT2D eigenvalue weighted by Crippen LogP contribution is -2.14. The van der Waals surface area contributed by atoms with Crippen LogP contribution >= 0.6 is 11.8 Å². The molecule has 1 aromatic carbocycles. The van der Waals surface area contributed by atoms with E-state index in [1.165, 1.54) is 11.8 Å². The van der Waals surface area contributed by atoms with Crippen molar-refractivity contribution in [3.05, 3.63) is 35.7 Å². The van der Waals surface area contributed by atoms with E-state index in [1.807, 2.05) is 24.3 Å². The largest absolute Gasteiger partial charge is 0.497 e. The van der Waals surface area contributed by atoms with E-state index >= 15 is 0 Å². The SMILES string of the molecule is COc1ccc(Cc2nnc(SC3CCCCCC3=O)o2)cc1. The molecule has 6 heteroatoms. The van der Waals surface area contributed by atoms with Crippen molar-refractivity contribution in [3.63, 3.8) is 0 Å². The minimum atomic E-state index is -0.0354. The zero-order valence-corrected chi connectivity index (χ0v) is 14.0. The number of hydrogen-bond donors (Lipinski definition) is 0. The van der Waals surface area contributed by atoms with Gasteiger partial charge in [-0.1, -0.05) is 36.7 Å². The minimum absolute atomic E-state index is 0.0354. The number of Topliss-reactive ketones (excluding diaryl/α,β-unsaturated/α-hetero) is 1. The molecule has 1 saturated carbocycles. The van der Waals surface area contributed by atoms with Crippen molar-refractivity contribution in [3.8, 4) is 5.75 Å². The number of ketones is 1. The highest BCUT2D eigenvalue weighted by atomic mass is 32.2. The van der Waals surface area contributed by atoms with Crippen molar-refractivity contribution in [2.45, 2.75) is 49.0 Å². The maximum atomic E-state index is 12.1. The molecule has 1 aliphatic rings. The molecule has 122 valence electrons. The van der Waals surface area contributed by atoms with Crippen molar-refractivity contribution in [2.24, 2.45) is 0 Å². The molecular weight excluding hydrogens is 312 g/mol. The van der Waals surface area contributed by atoms with Crippen LogP contribution < -0.4 is 4.74 Å². The smallest absolute Gasteiger partial charge is 0.277 e. The molecule has 0 radical (unpaired) electrons. The van der Waals surface area contributed by atoms with Crippen LogP contribution in [0, 0.1) is 0 Å². The van der Waals surface area contributed by atoms with E-state index in [2.05, 4.69) is 10.2 Å². The van der Waals surface area contributed by atoms with Crippen LogP contribution in [-0.4, -0.2) is 28.3 Å². The number of methoxy groups -OCH3 is 1. The first-order valence-electron chi connectivity index (χ1n) is 7.89. The van der Waals surface area contributed by atoms with Gasteiger partial charge >= 0.3 is 0 Å². The van der Waals surface area contributed by atoms with Gasteiger partial charge in [-0.2, -0.15) is 0 Å². The molecular formula is C17H20N2O3S. The molecule has 0 spiro atoms. The third-order valence-electron chi connectivity index (χ3n) is 3.95. The third-order valence-corrected chi connectivity index (χ3v) is 5.10. The van der Waals surface area contributed by atoms with Gasteiger partial charge in [0.15, 0.2) is 0 Å². The van der Waals surface area contributed by atoms with Crippen LogP contribution in [0.1, 0.15) is 43.6 Å². The monoisotopic (exact) mass is 332 g/mol. The first kappa shape index (κ1) is 16.1. The molecule has 1 heterocycles. The van der Waals surface area contributed by atoms with Crippen LogP contribution in [-0.2, 0) is 11.2 Å². The summed E-state index contributed by atoms with van der Waals surface area (Å²) in [5.74, 6) is 1.70. The van der Waals surface area contributed by atoms with Crippen molar-refractivity contribution in [1.29, 1.82) is 0 Å². The van der Waals surface area contributed by atoms with E-state index in [0.717, 1.165) is 37.0 Å². The summed E-state index contributed by atoms with van der Waals surface area (Å²) in [7, 11) is 1.64. The quantitative estimate of drug-likeness (QED) is 0.779. The number of ether oxygens (including phenoxy) is 1. The van der Waals surface area contributed by atoms with Crippen LogP contribution in [0.15, 0.2) is 33.9 Å². The van der Waals surface area contributed by atoms with Gasteiger partial charge in [-0.25, -0.2) is 0 Å². The summed E-state index contributed by atoms with van der Waals surface area (Å²) in [6, 6.07) is 7.77. The lowest BCUT2D eigenvalue weighted by atomic mass is 10.1. The fourth-order valence-corrected chi connectivity index (χ4v) is 3.66. The Kier molecular flexibility index (Phi) is 5.33. The van der Waals surface area contributed by atoms with Crippen molar-refractivity contribution in [1.82, 2.24) is 10.2 Å². The van der Waals surface area contributed by atoms with Gasteiger partial charge in [0.25, 0.3) is 5.22 Å². The van der Waals surface area contributed by atoms with Gasteiger partial charge in [0.1, 0.15) is 11.5 Å². The molecule has 1 unspecified atom stereocenters. The normalized spacial score (nSPS) is 18.7. The molecule has 1 fully saturated rings. The van der Waals surface area contributed by atoms with E-state index in [1.54, 1.807) is 7.11 Å². The number of hydrogen-bond acceptors (Lipinski definition) is 6. The third kappa shape index (κ3) is 4.34. The van der Waals surface area contributed by atoms with E-state index in [0.29, 0.717) is 29.7 Å². The van der Waals surface area contributed by atoms with Gasteiger partial charge in [-0.3, -0.25) is 4.79 Å². The Morgan fingerprint density at radius 2 is 2.04 bits per heavy atom. The molecule has 23 heavy (non-hydrogen) atoms. The van der Waals surface area contributed by atoms with Crippen molar-refractivity contribution in [2.75, 3.05) is 7.11 Å². The second-order valence-electron chi connectivity index (χ2n) is 5.66. The summed E-state index contributed by atoms with van der Waals surface area (Å²) < 4.78 is 10.8. The molecule has 3 rings (SSSR count). The van der Waals surface area contributed by atoms with Crippen LogP contribution in [0.25, 0.3) is 0 Å². The molecule has 5 nitrogen and oxygen atoms in total. The Balaban J connectivity index is 1.61. The highest BCUT2D eigenvalue weighted by Crippen LogP contribution is 2.30. The zero-order chi connectivity index (χ0) is 16.1. The molecule has 0 saturated heterocycles. The summed E-state index contributed by atoms with van der Waals surface area (Å²) in [4.78, 5) is 12.1. The number of thioether (sulfide) groups is 1. The Morgan fingerprint density at radius 1 is 1.22 bits per heavy atom.